The molecule has 1 aromatic carbocycles. The van der Waals surface area contributed by atoms with Crippen LogP contribution in [0.2, 0.25) is 5.02 Å². The maximum Gasteiger partial charge on any atom is 0.144 e. The topological polar surface area (TPSA) is 21.6 Å². The van der Waals surface area contributed by atoms with Crippen molar-refractivity contribution in [3.63, 3.8) is 0 Å². The molecule has 0 radical (unpaired) electrons. The fraction of sp³-hybridized carbons (Fsp3) is 0.154. The van der Waals surface area contributed by atoms with Crippen molar-refractivity contribution in [3.8, 4) is 5.75 Å². The van der Waals surface area contributed by atoms with E-state index in [1.165, 1.54) is 5.56 Å². The number of thiophene rings is 1. The summed E-state index contributed by atoms with van der Waals surface area (Å²) >= 11 is 7.60. The van der Waals surface area contributed by atoms with Crippen LogP contribution >= 0.6 is 22.9 Å². The summed E-state index contributed by atoms with van der Waals surface area (Å²) in [4.78, 5) is 5.56. The molecule has 2 aromatic rings. The molecular formula is C13H12ClNOS. The molecule has 17 heavy (non-hydrogen) atoms. The predicted octanol–water partition coefficient (Wildman–Crippen LogP) is 4.47. The van der Waals surface area contributed by atoms with Crippen molar-refractivity contribution in [3.05, 3.63) is 45.1 Å². The minimum absolute atomic E-state index is 0.654. The Labute approximate surface area is 110 Å². The van der Waals surface area contributed by atoms with E-state index in [2.05, 4.69) is 18.0 Å². The van der Waals surface area contributed by atoms with E-state index in [9.17, 15) is 0 Å². The Bertz CT molecular complexity index is 548. The highest BCUT2D eigenvalue weighted by Crippen LogP contribution is 2.30. The zero-order chi connectivity index (χ0) is 12.3. The smallest absolute Gasteiger partial charge is 0.144 e. The van der Waals surface area contributed by atoms with Crippen LogP contribution in [0, 0.1) is 6.92 Å². The van der Waals surface area contributed by atoms with Crippen molar-refractivity contribution in [2.24, 2.45) is 4.99 Å². The van der Waals surface area contributed by atoms with Gasteiger partial charge >= 0.3 is 0 Å². The first-order valence-corrected chi connectivity index (χ1v) is 6.38. The van der Waals surface area contributed by atoms with Crippen molar-refractivity contribution in [1.82, 2.24) is 0 Å². The molecule has 0 saturated carbocycles. The van der Waals surface area contributed by atoms with Gasteiger partial charge in [0, 0.05) is 16.1 Å². The van der Waals surface area contributed by atoms with Crippen molar-refractivity contribution in [2.45, 2.75) is 6.92 Å². The van der Waals surface area contributed by atoms with E-state index >= 15 is 0 Å². The number of methoxy groups -OCH3 is 1. The average molecular weight is 266 g/mol. The van der Waals surface area contributed by atoms with Crippen LogP contribution in [0.25, 0.3) is 0 Å². The SMILES string of the molecule is COc1ccc(Cl)cc1N=Cc1sccc1C. The first-order valence-electron chi connectivity index (χ1n) is 5.12. The monoisotopic (exact) mass is 265 g/mol. The lowest BCUT2D eigenvalue weighted by Crippen LogP contribution is -1.84. The molecule has 0 aliphatic heterocycles. The lowest BCUT2D eigenvalue weighted by atomic mass is 10.3. The largest absolute Gasteiger partial charge is 0.494 e. The van der Waals surface area contributed by atoms with E-state index in [1.807, 2.05) is 17.7 Å². The van der Waals surface area contributed by atoms with Gasteiger partial charge < -0.3 is 4.74 Å². The van der Waals surface area contributed by atoms with Crippen LogP contribution in [0.1, 0.15) is 10.4 Å². The second-order valence-electron chi connectivity index (χ2n) is 3.54. The van der Waals surface area contributed by atoms with Crippen LogP contribution in [0.15, 0.2) is 34.6 Å². The molecule has 0 unspecified atom stereocenters. The molecule has 0 atom stereocenters. The van der Waals surface area contributed by atoms with E-state index in [-0.39, 0.29) is 0 Å². The summed E-state index contributed by atoms with van der Waals surface area (Å²) in [5, 5.41) is 2.70. The second-order valence-corrected chi connectivity index (χ2v) is 4.93. The van der Waals surface area contributed by atoms with Gasteiger partial charge in [-0.15, -0.1) is 11.3 Å². The molecule has 0 N–H and O–H groups in total. The van der Waals surface area contributed by atoms with Gasteiger partial charge in [-0.25, -0.2) is 0 Å². The zero-order valence-corrected chi connectivity index (χ0v) is 11.2. The molecule has 0 bridgehead atoms. The van der Waals surface area contributed by atoms with Crippen LogP contribution in [0.3, 0.4) is 0 Å². The van der Waals surface area contributed by atoms with E-state index in [1.54, 1.807) is 30.6 Å². The highest BCUT2D eigenvalue weighted by molar-refractivity contribution is 7.11. The lowest BCUT2D eigenvalue weighted by molar-refractivity contribution is 0.416. The summed E-state index contributed by atoms with van der Waals surface area (Å²) in [7, 11) is 1.62. The molecule has 0 spiro atoms. The van der Waals surface area contributed by atoms with Crippen LogP contribution in [-0.2, 0) is 0 Å². The third-order valence-electron chi connectivity index (χ3n) is 2.36. The van der Waals surface area contributed by atoms with Crippen molar-refractivity contribution >= 4 is 34.8 Å². The lowest BCUT2D eigenvalue weighted by Gasteiger charge is -2.03. The van der Waals surface area contributed by atoms with Gasteiger partial charge in [0.25, 0.3) is 0 Å². The number of aliphatic imine (C=N–C) groups is 1. The number of nitrogens with zero attached hydrogens (tertiary/aromatic N) is 1. The first-order chi connectivity index (χ1) is 8.20. The predicted molar refractivity (Wildman–Crippen MR) is 74.3 cm³/mol. The molecule has 0 amide bonds. The van der Waals surface area contributed by atoms with Gasteiger partial charge in [-0.3, -0.25) is 4.99 Å². The third kappa shape index (κ3) is 2.87. The Morgan fingerprint density at radius 2 is 2.18 bits per heavy atom. The summed E-state index contributed by atoms with van der Waals surface area (Å²) in [5.41, 5.74) is 1.97. The highest BCUT2D eigenvalue weighted by atomic mass is 35.5. The maximum atomic E-state index is 5.94. The van der Waals surface area contributed by atoms with Gasteiger partial charge in [0.15, 0.2) is 0 Å². The van der Waals surface area contributed by atoms with Crippen molar-refractivity contribution < 1.29 is 4.74 Å². The van der Waals surface area contributed by atoms with E-state index in [0.717, 1.165) is 16.3 Å². The van der Waals surface area contributed by atoms with Crippen LogP contribution in [0.4, 0.5) is 5.69 Å². The quantitative estimate of drug-likeness (QED) is 0.751. The summed E-state index contributed by atoms with van der Waals surface area (Å²) in [6.07, 6.45) is 1.84. The Morgan fingerprint density at radius 3 is 2.82 bits per heavy atom. The Hall–Kier alpha value is -1.32. The van der Waals surface area contributed by atoms with E-state index in [0.29, 0.717) is 5.02 Å². The summed E-state index contributed by atoms with van der Waals surface area (Å²) < 4.78 is 5.23. The number of rotatable bonds is 3. The normalized spacial score (nSPS) is 11.0. The summed E-state index contributed by atoms with van der Waals surface area (Å²) in [6, 6.07) is 7.47. The molecule has 88 valence electrons. The van der Waals surface area contributed by atoms with Gasteiger partial charge in [0.1, 0.15) is 11.4 Å². The van der Waals surface area contributed by atoms with Gasteiger partial charge in [-0.1, -0.05) is 11.6 Å². The molecule has 0 aliphatic rings. The molecular weight excluding hydrogens is 254 g/mol. The summed E-state index contributed by atoms with van der Waals surface area (Å²) in [6.45, 7) is 2.06. The third-order valence-corrected chi connectivity index (χ3v) is 3.55. The summed E-state index contributed by atoms with van der Waals surface area (Å²) in [5.74, 6) is 0.722. The Kier molecular flexibility index (Phi) is 3.82. The molecule has 0 saturated heterocycles. The molecule has 2 rings (SSSR count). The molecule has 0 aliphatic carbocycles. The average Bonchev–Trinajstić information content (AvgIpc) is 2.72. The minimum Gasteiger partial charge on any atom is -0.494 e. The molecule has 1 heterocycles. The molecule has 2 nitrogen and oxygen atoms in total. The molecule has 0 fully saturated rings. The zero-order valence-electron chi connectivity index (χ0n) is 9.61. The number of aryl methyl sites for hydroxylation is 1. The number of ether oxygens (including phenoxy) is 1. The number of benzene rings is 1. The highest BCUT2D eigenvalue weighted by Gasteiger charge is 2.02. The van der Waals surface area contributed by atoms with Crippen LogP contribution in [-0.4, -0.2) is 13.3 Å². The number of halogens is 1. The fourth-order valence-corrected chi connectivity index (χ4v) is 2.36. The standard InChI is InChI=1S/C13H12ClNOS/c1-9-5-6-17-13(9)8-15-11-7-10(14)3-4-12(11)16-2/h3-8H,1-2H3. The van der Waals surface area contributed by atoms with Crippen LogP contribution in [0.5, 0.6) is 5.75 Å². The maximum absolute atomic E-state index is 5.94. The fourth-order valence-electron chi connectivity index (χ4n) is 1.41. The minimum atomic E-state index is 0.654. The van der Waals surface area contributed by atoms with Gasteiger partial charge in [-0.2, -0.15) is 0 Å². The molecule has 4 heteroatoms. The van der Waals surface area contributed by atoms with Gasteiger partial charge in [-0.05, 0) is 42.1 Å². The van der Waals surface area contributed by atoms with Gasteiger partial charge in [0.2, 0.25) is 0 Å². The Morgan fingerprint density at radius 1 is 1.35 bits per heavy atom. The van der Waals surface area contributed by atoms with E-state index in [4.69, 9.17) is 16.3 Å². The van der Waals surface area contributed by atoms with Gasteiger partial charge in [0.05, 0.1) is 7.11 Å². The number of hydrogen-bond donors (Lipinski definition) is 0. The number of hydrogen-bond acceptors (Lipinski definition) is 3. The van der Waals surface area contributed by atoms with Crippen LogP contribution < -0.4 is 4.74 Å². The second kappa shape index (κ2) is 5.34. The van der Waals surface area contributed by atoms with E-state index < -0.39 is 0 Å². The van der Waals surface area contributed by atoms with Crippen molar-refractivity contribution in [1.29, 1.82) is 0 Å². The van der Waals surface area contributed by atoms with Crippen molar-refractivity contribution in [2.75, 3.05) is 7.11 Å². The first kappa shape index (κ1) is 12.1. The Balaban J connectivity index is 2.32. The molecule has 1 aromatic heterocycles.